The molecule has 0 atom stereocenters. The maximum absolute atomic E-state index is 8.88. The predicted octanol–water partition coefficient (Wildman–Crippen LogP) is 2.46. The van der Waals surface area contributed by atoms with Crippen molar-refractivity contribution in [3.63, 3.8) is 0 Å². The monoisotopic (exact) mass is 224 g/mol. The Bertz CT molecular complexity index is 232. The standard InChI is InChI=1S/C9H18.H3O4P/c1-7(2)8(3)9(4,5)6;1-5(2,3)4/h1-6H3;(H3,1,2,3,4). The van der Waals surface area contributed by atoms with Gasteiger partial charge in [0.1, 0.15) is 0 Å². The lowest BCUT2D eigenvalue weighted by Crippen LogP contribution is -2.07. The van der Waals surface area contributed by atoms with Gasteiger partial charge < -0.3 is 14.7 Å². The van der Waals surface area contributed by atoms with Crippen molar-refractivity contribution in [3.05, 3.63) is 11.1 Å². The van der Waals surface area contributed by atoms with Crippen molar-refractivity contribution >= 4 is 7.82 Å². The van der Waals surface area contributed by atoms with Crippen LogP contribution in [0.1, 0.15) is 41.5 Å². The van der Waals surface area contributed by atoms with Crippen LogP contribution < -0.4 is 0 Å². The third-order valence-corrected chi connectivity index (χ3v) is 1.88. The number of hydrogen-bond acceptors (Lipinski definition) is 1. The summed E-state index contributed by atoms with van der Waals surface area (Å²) >= 11 is 0. The quantitative estimate of drug-likeness (QED) is 0.436. The zero-order chi connectivity index (χ0) is 12.2. The van der Waals surface area contributed by atoms with Crippen LogP contribution in [0.2, 0.25) is 0 Å². The van der Waals surface area contributed by atoms with Gasteiger partial charge in [0.15, 0.2) is 0 Å². The van der Waals surface area contributed by atoms with Crippen LogP contribution in [0.15, 0.2) is 11.1 Å². The van der Waals surface area contributed by atoms with E-state index in [2.05, 4.69) is 41.5 Å². The molecule has 0 aliphatic heterocycles. The Balaban J connectivity index is 0. The number of phosphoric acid groups is 1. The van der Waals surface area contributed by atoms with Gasteiger partial charge in [0.2, 0.25) is 0 Å². The third kappa shape index (κ3) is 14.4. The van der Waals surface area contributed by atoms with E-state index in [0.717, 1.165) is 0 Å². The Morgan fingerprint density at radius 2 is 1.21 bits per heavy atom. The summed E-state index contributed by atoms with van der Waals surface area (Å²) in [6, 6.07) is 0. The highest BCUT2D eigenvalue weighted by molar-refractivity contribution is 7.45. The molecule has 0 saturated carbocycles. The molecule has 14 heavy (non-hydrogen) atoms. The number of rotatable bonds is 0. The van der Waals surface area contributed by atoms with E-state index in [0.29, 0.717) is 5.41 Å². The van der Waals surface area contributed by atoms with Crippen LogP contribution in [0.4, 0.5) is 0 Å². The summed E-state index contributed by atoms with van der Waals surface area (Å²) in [6.07, 6.45) is 0. The van der Waals surface area contributed by atoms with E-state index in [-0.39, 0.29) is 0 Å². The molecule has 0 fully saturated rings. The van der Waals surface area contributed by atoms with Gasteiger partial charge in [0.05, 0.1) is 0 Å². The van der Waals surface area contributed by atoms with Crippen molar-refractivity contribution in [1.29, 1.82) is 0 Å². The second-order valence-corrected chi connectivity index (χ2v) is 5.41. The Kier molecular flexibility index (Phi) is 6.59. The van der Waals surface area contributed by atoms with Crippen LogP contribution in [-0.4, -0.2) is 14.7 Å². The normalized spacial score (nSPS) is 11.5. The van der Waals surface area contributed by atoms with Gasteiger partial charge in [0.25, 0.3) is 0 Å². The Morgan fingerprint density at radius 1 is 1.00 bits per heavy atom. The lowest BCUT2D eigenvalue weighted by Gasteiger charge is -2.20. The third-order valence-electron chi connectivity index (χ3n) is 1.88. The summed E-state index contributed by atoms with van der Waals surface area (Å²) < 4.78 is 8.88. The molecular weight excluding hydrogens is 203 g/mol. The first kappa shape index (κ1) is 16.3. The first-order chi connectivity index (χ1) is 5.85. The molecule has 0 amide bonds. The summed E-state index contributed by atoms with van der Waals surface area (Å²) in [6.45, 7) is 13.3. The molecule has 0 spiro atoms. The highest BCUT2D eigenvalue weighted by atomic mass is 31.2. The summed E-state index contributed by atoms with van der Waals surface area (Å²) in [5.74, 6) is 0. The molecule has 0 heterocycles. The molecule has 5 heteroatoms. The minimum atomic E-state index is -4.64. The molecule has 3 N–H and O–H groups in total. The summed E-state index contributed by atoms with van der Waals surface area (Å²) in [4.78, 5) is 21.6. The number of allylic oxidation sites excluding steroid dienone is 2. The summed E-state index contributed by atoms with van der Waals surface area (Å²) in [7, 11) is -4.64. The maximum atomic E-state index is 8.88. The lowest BCUT2D eigenvalue weighted by atomic mass is 9.85. The first-order valence-corrected chi connectivity index (χ1v) is 5.85. The minimum absolute atomic E-state index is 0.360. The average Bonchev–Trinajstić information content (AvgIpc) is 1.79. The van der Waals surface area contributed by atoms with Crippen molar-refractivity contribution in [2.75, 3.05) is 0 Å². The highest BCUT2D eigenvalue weighted by Gasteiger charge is 2.12. The molecule has 0 aromatic heterocycles. The predicted molar refractivity (Wildman–Crippen MR) is 57.8 cm³/mol. The molecule has 0 aromatic rings. The molecule has 0 aromatic carbocycles. The first-order valence-electron chi connectivity index (χ1n) is 4.28. The molecule has 0 unspecified atom stereocenters. The molecular formula is C9H21O4P. The SMILES string of the molecule is CC(C)=C(C)C(C)(C)C.O=P(O)(O)O. The van der Waals surface area contributed by atoms with E-state index in [1.807, 2.05) is 0 Å². The zero-order valence-electron chi connectivity index (χ0n) is 9.70. The van der Waals surface area contributed by atoms with E-state index in [1.165, 1.54) is 11.1 Å². The topological polar surface area (TPSA) is 77.8 Å². The maximum Gasteiger partial charge on any atom is 0.466 e. The summed E-state index contributed by atoms with van der Waals surface area (Å²) in [5, 5.41) is 0. The molecule has 0 saturated heterocycles. The Morgan fingerprint density at radius 3 is 1.21 bits per heavy atom. The van der Waals surface area contributed by atoms with Gasteiger partial charge in [-0.2, -0.15) is 0 Å². The smallest absolute Gasteiger partial charge is 0.303 e. The van der Waals surface area contributed by atoms with Gasteiger partial charge in [-0.3, -0.25) is 0 Å². The van der Waals surface area contributed by atoms with Crippen molar-refractivity contribution in [3.8, 4) is 0 Å². The van der Waals surface area contributed by atoms with E-state index in [1.54, 1.807) is 0 Å². The minimum Gasteiger partial charge on any atom is -0.303 e. The van der Waals surface area contributed by atoms with Crippen LogP contribution in [-0.2, 0) is 4.57 Å². The van der Waals surface area contributed by atoms with Crippen LogP contribution in [0.5, 0.6) is 0 Å². The molecule has 0 aliphatic carbocycles. The Labute approximate surface area is 85.9 Å². The number of hydrogen-bond donors (Lipinski definition) is 3. The van der Waals surface area contributed by atoms with Crippen molar-refractivity contribution < 1.29 is 19.2 Å². The van der Waals surface area contributed by atoms with Gasteiger partial charge in [0, 0.05) is 0 Å². The van der Waals surface area contributed by atoms with E-state index < -0.39 is 7.82 Å². The van der Waals surface area contributed by atoms with Gasteiger partial charge in [-0.1, -0.05) is 31.9 Å². The second kappa shape index (κ2) is 5.66. The van der Waals surface area contributed by atoms with Crippen LogP contribution in [0.25, 0.3) is 0 Å². The van der Waals surface area contributed by atoms with E-state index >= 15 is 0 Å². The van der Waals surface area contributed by atoms with Crippen molar-refractivity contribution in [1.82, 2.24) is 0 Å². The molecule has 0 radical (unpaired) electrons. The zero-order valence-corrected chi connectivity index (χ0v) is 10.6. The fourth-order valence-corrected chi connectivity index (χ4v) is 0.750. The van der Waals surface area contributed by atoms with Gasteiger partial charge in [-0.15, -0.1) is 0 Å². The average molecular weight is 224 g/mol. The molecule has 0 bridgehead atoms. The molecule has 4 nitrogen and oxygen atoms in total. The molecule has 0 aliphatic rings. The Hall–Kier alpha value is -0.150. The molecule has 86 valence electrons. The lowest BCUT2D eigenvalue weighted by molar-refractivity contribution is 0.275. The van der Waals surface area contributed by atoms with Gasteiger partial charge >= 0.3 is 7.82 Å². The fourth-order valence-electron chi connectivity index (χ4n) is 0.750. The van der Waals surface area contributed by atoms with Crippen LogP contribution >= 0.6 is 7.82 Å². The van der Waals surface area contributed by atoms with E-state index in [9.17, 15) is 0 Å². The van der Waals surface area contributed by atoms with E-state index in [4.69, 9.17) is 19.2 Å². The fraction of sp³-hybridized carbons (Fsp3) is 0.778. The van der Waals surface area contributed by atoms with Gasteiger partial charge in [-0.05, 0) is 26.2 Å². The largest absolute Gasteiger partial charge is 0.466 e. The van der Waals surface area contributed by atoms with Crippen molar-refractivity contribution in [2.24, 2.45) is 5.41 Å². The van der Waals surface area contributed by atoms with Crippen LogP contribution in [0, 0.1) is 5.41 Å². The van der Waals surface area contributed by atoms with Gasteiger partial charge in [-0.25, -0.2) is 4.57 Å². The highest BCUT2D eigenvalue weighted by Crippen LogP contribution is 2.26. The summed E-state index contributed by atoms with van der Waals surface area (Å²) in [5.41, 5.74) is 3.31. The second-order valence-electron chi connectivity index (χ2n) is 4.39. The van der Waals surface area contributed by atoms with Crippen molar-refractivity contribution in [2.45, 2.75) is 41.5 Å². The molecule has 0 rings (SSSR count). The van der Waals surface area contributed by atoms with Crippen LogP contribution in [0.3, 0.4) is 0 Å².